The number of hydrogen-bond acceptors (Lipinski definition) is 6. The number of fused-ring (bicyclic) bond motifs is 4. The smallest absolute Gasteiger partial charge is 0.233 e. The largest absolute Gasteiger partial charge is 0.508 e. The van der Waals surface area contributed by atoms with Crippen LogP contribution in [0, 0.1) is 23.7 Å². The summed E-state index contributed by atoms with van der Waals surface area (Å²) in [6.45, 7) is 0. The molecule has 3 aromatic rings. The van der Waals surface area contributed by atoms with E-state index in [0.717, 1.165) is 5.57 Å². The zero-order valence-corrected chi connectivity index (χ0v) is 23.9. The molecule has 1 heterocycles. The first-order valence-electron chi connectivity index (χ1n) is 14.6. The van der Waals surface area contributed by atoms with E-state index >= 15 is 0 Å². The number of carbonyl (C=O) groups is 4. The van der Waals surface area contributed by atoms with E-state index in [9.17, 15) is 24.3 Å². The summed E-state index contributed by atoms with van der Waals surface area (Å²) in [5.41, 5.74) is 1.88. The predicted octanol–water partition coefficient (Wildman–Crippen LogP) is 4.86. The van der Waals surface area contributed by atoms with Crippen LogP contribution in [0.1, 0.15) is 35.4 Å². The number of rotatable bonds is 4. The lowest BCUT2D eigenvalue weighted by Crippen LogP contribution is -2.58. The number of imide groups is 1. The van der Waals surface area contributed by atoms with Crippen molar-refractivity contribution < 1.29 is 29.0 Å². The number of nitrogens with zero attached hydrogens (tertiary/aromatic N) is 1. The molecule has 0 aromatic heterocycles. The number of benzene rings is 3. The quantitative estimate of drug-likeness (QED) is 0.354. The fraction of sp³-hybridized carbons (Fsp3) is 0.278. The normalized spacial score (nSPS) is 29.8. The molecule has 7 heteroatoms. The molecule has 1 saturated carbocycles. The first-order chi connectivity index (χ1) is 20.8. The van der Waals surface area contributed by atoms with Crippen molar-refractivity contribution in [2.75, 3.05) is 14.2 Å². The van der Waals surface area contributed by atoms with E-state index < -0.39 is 35.0 Å². The third-order valence-electron chi connectivity index (χ3n) is 10.1. The molecule has 2 fully saturated rings. The summed E-state index contributed by atoms with van der Waals surface area (Å²) in [5, 5.41) is 10.4. The van der Waals surface area contributed by atoms with Gasteiger partial charge in [-0.05, 0) is 42.0 Å². The maximum Gasteiger partial charge on any atom is 0.233 e. The van der Waals surface area contributed by atoms with Crippen LogP contribution < -0.4 is 4.74 Å². The minimum absolute atomic E-state index is 0.00598. The third kappa shape index (κ3) is 3.73. The summed E-state index contributed by atoms with van der Waals surface area (Å²) >= 11 is 0. The van der Waals surface area contributed by atoms with Gasteiger partial charge in [-0.15, -0.1) is 0 Å². The average Bonchev–Trinajstić information content (AvgIpc) is 3.26. The monoisotopic (exact) mass is 573 g/mol. The van der Waals surface area contributed by atoms with Crippen molar-refractivity contribution >= 4 is 29.0 Å². The molecule has 7 rings (SSSR count). The lowest BCUT2D eigenvalue weighted by Gasteiger charge is -2.55. The summed E-state index contributed by atoms with van der Waals surface area (Å²) in [5.74, 6) is -3.49. The highest BCUT2D eigenvalue weighted by Gasteiger charge is 2.66. The summed E-state index contributed by atoms with van der Waals surface area (Å²) in [4.78, 5) is 57.7. The molecule has 43 heavy (non-hydrogen) atoms. The highest BCUT2D eigenvalue weighted by Crippen LogP contribution is 2.64. The Bertz CT molecular complexity index is 1740. The zero-order valence-electron chi connectivity index (χ0n) is 23.9. The fourth-order valence-electron chi connectivity index (χ4n) is 8.31. The Labute approximate surface area is 249 Å². The summed E-state index contributed by atoms with van der Waals surface area (Å²) in [6, 6.07) is 23.4. The van der Waals surface area contributed by atoms with E-state index in [4.69, 9.17) is 4.74 Å². The summed E-state index contributed by atoms with van der Waals surface area (Å²) in [7, 11) is 3.03. The van der Waals surface area contributed by atoms with E-state index in [0.29, 0.717) is 34.4 Å². The van der Waals surface area contributed by atoms with Crippen LogP contribution in [0.15, 0.2) is 96.6 Å². The van der Waals surface area contributed by atoms with Crippen LogP contribution in [0.2, 0.25) is 0 Å². The lowest BCUT2D eigenvalue weighted by molar-refractivity contribution is -0.139. The molecule has 0 bridgehead atoms. The molecule has 216 valence electrons. The number of Topliss-reactive ketones (excluding diaryl/α,β-unsaturated/α-hetero) is 1. The molecule has 1 saturated heterocycles. The van der Waals surface area contributed by atoms with Gasteiger partial charge in [0.15, 0.2) is 11.6 Å². The van der Waals surface area contributed by atoms with Gasteiger partial charge < -0.3 is 9.84 Å². The Morgan fingerprint density at radius 3 is 2.28 bits per heavy atom. The van der Waals surface area contributed by atoms with Crippen LogP contribution in [-0.2, 0) is 24.6 Å². The fourth-order valence-corrected chi connectivity index (χ4v) is 8.31. The second kappa shape index (κ2) is 9.90. The predicted molar refractivity (Wildman–Crippen MR) is 159 cm³/mol. The Balaban J connectivity index is 1.55. The van der Waals surface area contributed by atoms with Crippen LogP contribution in [0.25, 0.3) is 5.57 Å². The van der Waals surface area contributed by atoms with E-state index in [1.807, 2.05) is 66.7 Å². The number of likely N-dealkylation sites (tertiary alicyclic amines) is 1. The van der Waals surface area contributed by atoms with Gasteiger partial charge in [-0.2, -0.15) is 0 Å². The van der Waals surface area contributed by atoms with Gasteiger partial charge in [-0.25, -0.2) is 0 Å². The number of carbonyl (C=O) groups excluding carboxylic acids is 4. The van der Waals surface area contributed by atoms with Crippen molar-refractivity contribution in [3.8, 4) is 11.5 Å². The van der Waals surface area contributed by atoms with Gasteiger partial charge in [-0.1, -0.05) is 78.4 Å². The number of methoxy groups -OCH3 is 1. The minimum atomic E-state index is -1.34. The molecular weight excluding hydrogens is 542 g/mol. The Hall–Kier alpha value is -4.78. The van der Waals surface area contributed by atoms with Gasteiger partial charge in [0.05, 0.1) is 24.4 Å². The topological polar surface area (TPSA) is 101 Å². The minimum Gasteiger partial charge on any atom is -0.508 e. The molecule has 7 nitrogen and oxygen atoms in total. The highest BCUT2D eigenvalue weighted by atomic mass is 16.5. The second-order valence-corrected chi connectivity index (χ2v) is 11.9. The van der Waals surface area contributed by atoms with Crippen molar-refractivity contribution in [3.05, 3.63) is 113 Å². The summed E-state index contributed by atoms with van der Waals surface area (Å²) < 4.78 is 5.79. The van der Waals surface area contributed by atoms with Crippen LogP contribution in [-0.4, -0.2) is 47.5 Å². The molecule has 3 aliphatic carbocycles. The second-order valence-electron chi connectivity index (χ2n) is 11.9. The Kier molecular flexibility index (Phi) is 6.24. The standard InChI is InChI=1S/C36H31NO6/c1-37-34(41)25-16-15-23-27(31(25)35(37)42)18-28-33(40)26(20-9-5-3-6-10-20)19-30(39)36(28,21-11-7-4-8-12-21)32(23)24-14-13-22(38)17-29(24)43-2/h3-15,17,19,25,27-28,31-32,38H,16,18H2,1-2H3. The number of hydrogen-bond donors (Lipinski definition) is 1. The molecule has 3 aromatic carbocycles. The lowest BCUT2D eigenvalue weighted by atomic mass is 9.44. The van der Waals surface area contributed by atoms with Crippen LogP contribution >= 0.6 is 0 Å². The number of phenolic OH excluding ortho intramolecular Hbond substituents is 1. The van der Waals surface area contributed by atoms with Gasteiger partial charge in [0.25, 0.3) is 0 Å². The van der Waals surface area contributed by atoms with Crippen molar-refractivity contribution in [3.63, 3.8) is 0 Å². The molecule has 6 atom stereocenters. The van der Waals surface area contributed by atoms with E-state index in [1.54, 1.807) is 12.1 Å². The van der Waals surface area contributed by atoms with Crippen molar-refractivity contribution in [2.24, 2.45) is 23.7 Å². The van der Waals surface area contributed by atoms with Gasteiger partial charge in [0, 0.05) is 36.1 Å². The van der Waals surface area contributed by atoms with Crippen molar-refractivity contribution in [2.45, 2.75) is 24.2 Å². The van der Waals surface area contributed by atoms with Crippen LogP contribution in [0.5, 0.6) is 11.5 Å². The number of phenols is 1. The Morgan fingerprint density at radius 1 is 0.884 bits per heavy atom. The first kappa shape index (κ1) is 27.1. The number of aromatic hydroxyl groups is 1. The SMILES string of the molecule is COc1cc(O)ccc1C1C2=CCC3C(=O)N(C)C(=O)C3C2CC2C(=O)C(c3ccccc3)=CC(=O)C21c1ccccc1. The summed E-state index contributed by atoms with van der Waals surface area (Å²) in [6.07, 6.45) is 4.12. The molecule has 1 aliphatic heterocycles. The van der Waals surface area contributed by atoms with E-state index in [2.05, 4.69) is 0 Å². The first-order valence-corrected chi connectivity index (χ1v) is 14.6. The molecule has 4 aliphatic rings. The number of allylic oxidation sites excluding steroid dienone is 4. The van der Waals surface area contributed by atoms with Crippen LogP contribution in [0.4, 0.5) is 0 Å². The molecule has 0 spiro atoms. The highest BCUT2D eigenvalue weighted by molar-refractivity contribution is 6.31. The van der Waals surface area contributed by atoms with E-state index in [-0.39, 0.29) is 35.6 Å². The number of ether oxygens (including phenoxy) is 1. The third-order valence-corrected chi connectivity index (χ3v) is 10.1. The average molecular weight is 574 g/mol. The molecule has 1 N–H and O–H groups in total. The number of ketones is 2. The zero-order chi connectivity index (χ0) is 30.0. The van der Waals surface area contributed by atoms with Gasteiger partial charge >= 0.3 is 0 Å². The van der Waals surface area contributed by atoms with Gasteiger partial charge in [0.1, 0.15) is 11.5 Å². The van der Waals surface area contributed by atoms with Crippen molar-refractivity contribution in [1.82, 2.24) is 4.90 Å². The van der Waals surface area contributed by atoms with Crippen LogP contribution in [0.3, 0.4) is 0 Å². The van der Waals surface area contributed by atoms with Crippen molar-refractivity contribution in [1.29, 1.82) is 0 Å². The molecular formula is C36H31NO6. The molecule has 0 radical (unpaired) electrons. The molecule has 6 unspecified atom stereocenters. The maximum absolute atomic E-state index is 14.9. The Morgan fingerprint density at radius 2 is 1.58 bits per heavy atom. The number of amides is 2. The van der Waals surface area contributed by atoms with E-state index in [1.165, 1.54) is 31.2 Å². The molecule has 2 amide bonds. The van der Waals surface area contributed by atoms with Gasteiger partial charge in [-0.3, -0.25) is 24.1 Å². The van der Waals surface area contributed by atoms with Gasteiger partial charge in [0.2, 0.25) is 11.8 Å². The maximum atomic E-state index is 14.9.